The molecule has 1 saturated heterocycles. The summed E-state index contributed by atoms with van der Waals surface area (Å²) in [5, 5.41) is 0. The van der Waals surface area contributed by atoms with Crippen LogP contribution < -0.4 is 10.9 Å². The minimum atomic E-state index is -2.99. The van der Waals surface area contributed by atoms with Crippen LogP contribution in [0.2, 0.25) is 0 Å². The van der Waals surface area contributed by atoms with E-state index in [-0.39, 0.29) is 41.4 Å². The number of nitrogens with one attached hydrogen (secondary N) is 2. The van der Waals surface area contributed by atoms with Crippen molar-refractivity contribution in [3.8, 4) is 0 Å². The smallest absolute Gasteiger partial charge is 0.248 e. The monoisotopic (exact) mass is 370 g/mol. The molecule has 1 aliphatic rings. The van der Waals surface area contributed by atoms with Gasteiger partial charge in [0.25, 0.3) is 0 Å². The van der Waals surface area contributed by atoms with Crippen molar-refractivity contribution in [3.05, 3.63) is 29.3 Å². The molecule has 1 aliphatic heterocycles. The van der Waals surface area contributed by atoms with Gasteiger partial charge in [0.1, 0.15) is 0 Å². The first kappa shape index (κ1) is 18.8. The largest absolute Gasteiger partial charge is 0.273 e. The number of rotatable bonds is 5. The average molecular weight is 370 g/mol. The summed E-state index contributed by atoms with van der Waals surface area (Å²) in [6.07, 6.45) is 0.621. The fraction of sp³-hybridized carbons (Fsp3) is 0.500. The van der Waals surface area contributed by atoms with Gasteiger partial charge in [-0.1, -0.05) is 17.7 Å². The van der Waals surface area contributed by atoms with Gasteiger partial charge in [-0.3, -0.25) is 20.4 Å². The lowest BCUT2D eigenvalue weighted by Gasteiger charge is -2.10. The molecule has 1 atom stereocenters. The van der Waals surface area contributed by atoms with Crippen molar-refractivity contribution in [1.29, 1.82) is 0 Å². The van der Waals surface area contributed by atoms with E-state index in [1.54, 1.807) is 0 Å². The highest BCUT2D eigenvalue weighted by Crippen LogP contribution is 2.23. The minimum Gasteiger partial charge on any atom is -0.273 e. The quantitative estimate of drug-likeness (QED) is 0.603. The maximum Gasteiger partial charge on any atom is 0.248 e. The maximum atomic E-state index is 11.8. The Hall–Kier alpha value is -1.54. The minimum absolute atomic E-state index is 0.0524. The number of amides is 2. The molecule has 0 saturated carbocycles. The summed E-state index contributed by atoms with van der Waals surface area (Å²) in [5.74, 6) is -0.421. The van der Waals surface area contributed by atoms with Crippen LogP contribution in [0, 0.1) is 19.8 Å². The number of sulfone groups is 1. The van der Waals surface area contributed by atoms with Gasteiger partial charge in [-0.2, -0.15) is 0 Å². The molecule has 0 bridgehead atoms. The molecule has 0 radical (unpaired) electrons. The van der Waals surface area contributed by atoms with Crippen LogP contribution in [-0.2, 0) is 19.4 Å². The zero-order chi connectivity index (χ0) is 17.7. The number of carbonyl (C=O) groups is 2. The van der Waals surface area contributed by atoms with E-state index in [0.717, 1.165) is 16.0 Å². The Kier molecular flexibility index (Phi) is 6.28. The van der Waals surface area contributed by atoms with Gasteiger partial charge in [-0.15, -0.1) is 11.8 Å². The molecule has 1 heterocycles. The molecule has 0 aromatic heterocycles. The molecule has 1 aromatic carbocycles. The SMILES string of the molecule is Cc1ccc(C)c(SCC(=O)NNC(=O)CC2CCS(=O)(=O)C2)c1. The van der Waals surface area contributed by atoms with E-state index < -0.39 is 9.84 Å². The lowest BCUT2D eigenvalue weighted by Crippen LogP contribution is -2.43. The van der Waals surface area contributed by atoms with Crippen LogP contribution in [0.15, 0.2) is 23.1 Å². The first-order valence-corrected chi connectivity index (χ1v) is 10.5. The molecule has 132 valence electrons. The van der Waals surface area contributed by atoms with Gasteiger partial charge in [0, 0.05) is 11.3 Å². The summed E-state index contributed by atoms with van der Waals surface area (Å²) in [6.45, 7) is 3.98. The first-order chi connectivity index (χ1) is 11.2. The van der Waals surface area contributed by atoms with Crippen LogP contribution in [0.5, 0.6) is 0 Å². The van der Waals surface area contributed by atoms with Crippen molar-refractivity contribution in [3.63, 3.8) is 0 Å². The van der Waals surface area contributed by atoms with Gasteiger partial charge >= 0.3 is 0 Å². The van der Waals surface area contributed by atoms with E-state index in [2.05, 4.69) is 10.9 Å². The standard InChI is InChI=1S/C16H22N2O4S2/c1-11-3-4-12(2)14(7-11)23-9-16(20)18-17-15(19)8-13-5-6-24(21,22)10-13/h3-4,7,13H,5-6,8-10H2,1-2H3,(H,17,19)(H,18,20). The van der Waals surface area contributed by atoms with Crippen molar-refractivity contribution in [2.24, 2.45) is 5.92 Å². The average Bonchev–Trinajstić information content (AvgIpc) is 2.85. The summed E-state index contributed by atoms with van der Waals surface area (Å²) >= 11 is 1.41. The molecule has 2 rings (SSSR count). The second-order valence-electron chi connectivity index (χ2n) is 6.13. The number of benzene rings is 1. The Bertz CT molecular complexity index is 732. The molecule has 1 aromatic rings. The van der Waals surface area contributed by atoms with E-state index in [1.165, 1.54) is 11.8 Å². The zero-order valence-corrected chi connectivity index (χ0v) is 15.4. The van der Waals surface area contributed by atoms with Gasteiger partial charge in [0.15, 0.2) is 9.84 Å². The fourth-order valence-electron chi connectivity index (χ4n) is 2.53. The molecule has 2 N–H and O–H groups in total. The maximum absolute atomic E-state index is 11.8. The summed E-state index contributed by atoms with van der Waals surface area (Å²) in [6, 6.07) is 6.04. The highest BCUT2D eigenvalue weighted by atomic mass is 32.2. The third kappa shape index (κ3) is 5.83. The van der Waals surface area contributed by atoms with Crippen LogP contribution >= 0.6 is 11.8 Å². The van der Waals surface area contributed by atoms with E-state index in [4.69, 9.17) is 0 Å². The van der Waals surface area contributed by atoms with Crippen LogP contribution in [0.3, 0.4) is 0 Å². The van der Waals surface area contributed by atoms with E-state index in [9.17, 15) is 18.0 Å². The van der Waals surface area contributed by atoms with Crippen molar-refractivity contribution in [2.75, 3.05) is 17.3 Å². The van der Waals surface area contributed by atoms with Crippen molar-refractivity contribution >= 4 is 33.4 Å². The van der Waals surface area contributed by atoms with Gasteiger partial charge in [-0.05, 0) is 37.8 Å². The lowest BCUT2D eigenvalue weighted by molar-refractivity contribution is -0.128. The van der Waals surface area contributed by atoms with Gasteiger partial charge in [0.2, 0.25) is 11.8 Å². The van der Waals surface area contributed by atoms with Crippen LogP contribution in [0.25, 0.3) is 0 Å². The molecular formula is C16H22N2O4S2. The second kappa shape index (κ2) is 8.02. The predicted molar refractivity (Wildman–Crippen MR) is 94.3 cm³/mol. The molecule has 2 amide bonds. The lowest BCUT2D eigenvalue weighted by atomic mass is 10.1. The predicted octanol–water partition coefficient (Wildman–Crippen LogP) is 1.37. The Morgan fingerprint density at radius 2 is 1.92 bits per heavy atom. The second-order valence-corrected chi connectivity index (χ2v) is 9.37. The van der Waals surface area contributed by atoms with Gasteiger partial charge in [0.05, 0.1) is 17.3 Å². The molecule has 0 aliphatic carbocycles. The van der Waals surface area contributed by atoms with Crippen LogP contribution in [0.4, 0.5) is 0 Å². The molecule has 6 nitrogen and oxygen atoms in total. The first-order valence-electron chi connectivity index (χ1n) is 7.73. The topological polar surface area (TPSA) is 92.3 Å². The third-order valence-corrected chi connectivity index (χ3v) is 6.84. The molecular weight excluding hydrogens is 348 g/mol. The Morgan fingerprint density at radius 1 is 1.21 bits per heavy atom. The Balaban J connectivity index is 1.71. The number of hydrogen-bond acceptors (Lipinski definition) is 5. The molecule has 1 fully saturated rings. The molecule has 0 spiro atoms. The van der Waals surface area contributed by atoms with Gasteiger partial charge < -0.3 is 0 Å². The van der Waals surface area contributed by atoms with Crippen molar-refractivity contribution in [2.45, 2.75) is 31.6 Å². The molecule has 24 heavy (non-hydrogen) atoms. The van der Waals surface area contributed by atoms with E-state index >= 15 is 0 Å². The van der Waals surface area contributed by atoms with E-state index in [1.807, 2.05) is 32.0 Å². The fourth-order valence-corrected chi connectivity index (χ4v) is 5.31. The Morgan fingerprint density at radius 3 is 2.58 bits per heavy atom. The highest BCUT2D eigenvalue weighted by molar-refractivity contribution is 8.00. The number of carbonyl (C=O) groups excluding carboxylic acids is 2. The van der Waals surface area contributed by atoms with Crippen molar-refractivity contribution < 1.29 is 18.0 Å². The zero-order valence-electron chi connectivity index (χ0n) is 13.8. The van der Waals surface area contributed by atoms with Gasteiger partial charge in [-0.25, -0.2) is 8.42 Å². The van der Waals surface area contributed by atoms with Crippen LogP contribution in [-0.4, -0.2) is 37.5 Å². The molecule has 8 heteroatoms. The third-order valence-electron chi connectivity index (χ3n) is 3.84. The Labute approximate surface area is 146 Å². The number of hydrazine groups is 1. The molecule has 1 unspecified atom stereocenters. The number of thioether (sulfide) groups is 1. The summed E-state index contributed by atoms with van der Waals surface area (Å²) < 4.78 is 22.7. The van der Waals surface area contributed by atoms with Crippen LogP contribution in [0.1, 0.15) is 24.0 Å². The highest BCUT2D eigenvalue weighted by Gasteiger charge is 2.29. The van der Waals surface area contributed by atoms with E-state index in [0.29, 0.717) is 6.42 Å². The number of aryl methyl sites for hydroxylation is 2. The van der Waals surface area contributed by atoms with Crippen molar-refractivity contribution in [1.82, 2.24) is 10.9 Å². The summed E-state index contributed by atoms with van der Waals surface area (Å²) in [5.41, 5.74) is 6.95. The summed E-state index contributed by atoms with van der Waals surface area (Å²) in [7, 11) is -2.99. The number of hydrogen-bond donors (Lipinski definition) is 2. The summed E-state index contributed by atoms with van der Waals surface area (Å²) in [4.78, 5) is 24.6. The normalized spacial score (nSPS) is 19.0.